The van der Waals surface area contributed by atoms with E-state index < -0.39 is 0 Å². The topological polar surface area (TPSA) is 48.1 Å². The van der Waals surface area contributed by atoms with Crippen molar-refractivity contribution in [3.05, 3.63) is 78.0 Å². The Balaban J connectivity index is 1.80. The van der Waals surface area contributed by atoms with Crippen LogP contribution in [0.1, 0.15) is 11.3 Å². The average molecular weight is 290 g/mol. The summed E-state index contributed by atoms with van der Waals surface area (Å²) in [5, 5.41) is 0. The number of aromatic nitrogens is 1. The molecule has 3 nitrogen and oxygen atoms in total. The Kier molecular flexibility index (Phi) is 4.05. The highest BCUT2D eigenvalue weighted by atomic mass is 16.5. The van der Waals surface area contributed by atoms with Crippen LogP contribution in [0.3, 0.4) is 0 Å². The molecule has 0 bridgehead atoms. The lowest BCUT2D eigenvalue weighted by Gasteiger charge is -2.10. The van der Waals surface area contributed by atoms with Gasteiger partial charge in [0.15, 0.2) is 0 Å². The van der Waals surface area contributed by atoms with Crippen molar-refractivity contribution in [2.75, 3.05) is 5.73 Å². The van der Waals surface area contributed by atoms with Crippen molar-refractivity contribution in [3.63, 3.8) is 0 Å². The zero-order valence-corrected chi connectivity index (χ0v) is 12.5. The lowest BCUT2D eigenvalue weighted by Crippen LogP contribution is -1.96. The van der Waals surface area contributed by atoms with Crippen molar-refractivity contribution in [2.24, 2.45) is 0 Å². The largest absolute Gasteiger partial charge is 0.489 e. The van der Waals surface area contributed by atoms with Crippen LogP contribution in [0.5, 0.6) is 5.75 Å². The number of hydrogen-bond acceptors (Lipinski definition) is 3. The molecule has 0 aliphatic heterocycles. The third-order valence-electron chi connectivity index (χ3n) is 3.50. The maximum Gasteiger partial charge on any atom is 0.123 e. The number of anilines is 1. The van der Waals surface area contributed by atoms with E-state index in [0.29, 0.717) is 12.4 Å². The third kappa shape index (κ3) is 3.26. The number of benzene rings is 2. The maximum atomic E-state index is 5.87. The van der Waals surface area contributed by atoms with Gasteiger partial charge in [0.1, 0.15) is 18.2 Å². The quantitative estimate of drug-likeness (QED) is 0.782. The van der Waals surface area contributed by atoms with Gasteiger partial charge in [-0.1, -0.05) is 42.5 Å². The molecule has 3 aromatic rings. The van der Waals surface area contributed by atoms with Crippen LogP contribution in [0.4, 0.5) is 5.82 Å². The smallest absolute Gasteiger partial charge is 0.123 e. The van der Waals surface area contributed by atoms with Crippen molar-refractivity contribution in [1.82, 2.24) is 4.98 Å². The monoisotopic (exact) mass is 290 g/mol. The van der Waals surface area contributed by atoms with Crippen molar-refractivity contribution in [1.29, 1.82) is 0 Å². The summed E-state index contributed by atoms with van der Waals surface area (Å²) in [7, 11) is 0. The lowest BCUT2D eigenvalue weighted by molar-refractivity contribution is 0.306. The summed E-state index contributed by atoms with van der Waals surface area (Å²) in [6, 6.07) is 22.0. The van der Waals surface area contributed by atoms with Gasteiger partial charge in [-0.3, -0.25) is 0 Å². The van der Waals surface area contributed by atoms with Gasteiger partial charge in [0, 0.05) is 11.3 Å². The van der Waals surface area contributed by atoms with Gasteiger partial charge in [-0.25, -0.2) is 4.98 Å². The zero-order chi connectivity index (χ0) is 15.4. The van der Waals surface area contributed by atoms with Crippen LogP contribution >= 0.6 is 0 Å². The molecule has 0 spiro atoms. The first-order valence-electron chi connectivity index (χ1n) is 7.22. The fourth-order valence-electron chi connectivity index (χ4n) is 2.38. The maximum absolute atomic E-state index is 5.87. The van der Waals surface area contributed by atoms with E-state index in [0.717, 1.165) is 28.1 Å². The normalized spacial score (nSPS) is 10.4. The number of nitrogens with zero attached hydrogens (tertiary/aromatic N) is 1. The summed E-state index contributed by atoms with van der Waals surface area (Å²) in [6.07, 6.45) is 0. The van der Waals surface area contributed by atoms with E-state index in [-0.39, 0.29) is 0 Å². The van der Waals surface area contributed by atoms with E-state index in [9.17, 15) is 0 Å². The predicted octanol–water partition coefficient (Wildman–Crippen LogP) is 4.22. The van der Waals surface area contributed by atoms with Gasteiger partial charge in [0.25, 0.3) is 0 Å². The Morgan fingerprint density at radius 3 is 2.55 bits per heavy atom. The van der Waals surface area contributed by atoms with Crippen molar-refractivity contribution in [2.45, 2.75) is 13.5 Å². The first kappa shape index (κ1) is 14.1. The van der Waals surface area contributed by atoms with Crippen molar-refractivity contribution in [3.8, 4) is 16.9 Å². The highest BCUT2D eigenvalue weighted by molar-refractivity contribution is 5.68. The summed E-state index contributed by atoms with van der Waals surface area (Å²) in [5.41, 5.74) is 9.93. The minimum atomic E-state index is 0.540. The summed E-state index contributed by atoms with van der Waals surface area (Å²) >= 11 is 0. The van der Waals surface area contributed by atoms with E-state index in [1.165, 1.54) is 0 Å². The summed E-state index contributed by atoms with van der Waals surface area (Å²) in [5.74, 6) is 1.38. The number of nitrogens with two attached hydrogens (primary N) is 1. The Morgan fingerprint density at radius 1 is 0.955 bits per heavy atom. The van der Waals surface area contributed by atoms with E-state index in [4.69, 9.17) is 10.5 Å². The molecule has 2 aromatic carbocycles. The SMILES string of the molecule is Cc1nc(N)ccc1-c1cccc(OCc2ccccc2)c1. The van der Waals surface area contributed by atoms with Crippen LogP contribution in [0.2, 0.25) is 0 Å². The molecular formula is C19H18N2O. The number of rotatable bonds is 4. The number of ether oxygens (including phenoxy) is 1. The zero-order valence-electron chi connectivity index (χ0n) is 12.5. The molecular weight excluding hydrogens is 272 g/mol. The molecule has 0 unspecified atom stereocenters. The van der Waals surface area contributed by atoms with Gasteiger partial charge in [-0.2, -0.15) is 0 Å². The predicted molar refractivity (Wildman–Crippen MR) is 89.6 cm³/mol. The molecule has 3 heteroatoms. The Labute approximate surface area is 130 Å². The molecule has 0 aliphatic rings. The highest BCUT2D eigenvalue weighted by Gasteiger charge is 2.05. The van der Waals surface area contributed by atoms with E-state index in [1.807, 2.05) is 55.5 Å². The minimum Gasteiger partial charge on any atom is -0.489 e. The van der Waals surface area contributed by atoms with Gasteiger partial charge >= 0.3 is 0 Å². The molecule has 0 saturated heterocycles. The molecule has 22 heavy (non-hydrogen) atoms. The van der Waals surface area contributed by atoms with Crippen LogP contribution in [-0.2, 0) is 6.61 Å². The molecule has 0 amide bonds. The van der Waals surface area contributed by atoms with Crippen LogP contribution in [0.25, 0.3) is 11.1 Å². The van der Waals surface area contributed by atoms with Gasteiger partial charge in [-0.15, -0.1) is 0 Å². The van der Waals surface area contributed by atoms with Gasteiger partial charge in [0.05, 0.1) is 0 Å². The van der Waals surface area contributed by atoms with Gasteiger partial charge in [-0.05, 0) is 42.3 Å². The van der Waals surface area contributed by atoms with Crippen molar-refractivity contribution < 1.29 is 4.74 Å². The second-order valence-corrected chi connectivity index (χ2v) is 5.17. The Morgan fingerprint density at radius 2 is 1.77 bits per heavy atom. The molecule has 0 saturated carbocycles. The lowest BCUT2D eigenvalue weighted by atomic mass is 10.0. The third-order valence-corrected chi connectivity index (χ3v) is 3.50. The summed E-state index contributed by atoms with van der Waals surface area (Å²) < 4.78 is 5.87. The molecule has 2 N–H and O–H groups in total. The van der Waals surface area contributed by atoms with E-state index in [2.05, 4.69) is 23.2 Å². The van der Waals surface area contributed by atoms with E-state index in [1.54, 1.807) is 0 Å². The van der Waals surface area contributed by atoms with Crippen LogP contribution < -0.4 is 10.5 Å². The molecule has 3 rings (SSSR count). The Bertz CT molecular complexity index is 769. The standard InChI is InChI=1S/C19H18N2O/c1-14-18(10-11-19(20)21-14)16-8-5-9-17(12-16)22-13-15-6-3-2-4-7-15/h2-12H,13H2,1H3,(H2,20,21). The average Bonchev–Trinajstić information content (AvgIpc) is 2.54. The second-order valence-electron chi connectivity index (χ2n) is 5.17. The molecule has 0 fully saturated rings. The fraction of sp³-hybridized carbons (Fsp3) is 0.105. The summed E-state index contributed by atoms with van der Waals surface area (Å²) in [4.78, 5) is 4.31. The highest BCUT2D eigenvalue weighted by Crippen LogP contribution is 2.26. The number of pyridine rings is 1. The Hall–Kier alpha value is -2.81. The molecule has 0 atom stereocenters. The first-order valence-corrected chi connectivity index (χ1v) is 7.22. The molecule has 0 aliphatic carbocycles. The first-order chi connectivity index (χ1) is 10.7. The number of nitrogen functional groups attached to an aromatic ring is 1. The molecule has 1 heterocycles. The van der Waals surface area contributed by atoms with Crippen LogP contribution in [-0.4, -0.2) is 4.98 Å². The number of aryl methyl sites for hydroxylation is 1. The molecule has 0 radical (unpaired) electrons. The van der Waals surface area contributed by atoms with Gasteiger partial charge in [0.2, 0.25) is 0 Å². The minimum absolute atomic E-state index is 0.540. The van der Waals surface area contributed by atoms with Crippen LogP contribution in [0, 0.1) is 6.92 Å². The summed E-state index contributed by atoms with van der Waals surface area (Å²) in [6.45, 7) is 2.52. The molecule has 1 aromatic heterocycles. The van der Waals surface area contributed by atoms with Crippen LogP contribution in [0.15, 0.2) is 66.7 Å². The van der Waals surface area contributed by atoms with E-state index >= 15 is 0 Å². The van der Waals surface area contributed by atoms with Gasteiger partial charge < -0.3 is 10.5 Å². The number of hydrogen-bond donors (Lipinski definition) is 1. The molecule has 110 valence electrons. The fourth-order valence-corrected chi connectivity index (χ4v) is 2.38. The van der Waals surface area contributed by atoms with Crippen molar-refractivity contribution >= 4 is 5.82 Å². The second kappa shape index (κ2) is 6.31.